The Labute approximate surface area is 147 Å². The minimum atomic E-state index is -4.91. The maximum atomic E-state index is 13.0. The van der Waals surface area contributed by atoms with Gasteiger partial charge in [-0.15, -0.1) is 0 Å². The summed E-state index contributed by atoms with van der Waals surface area (Å²) in [7, 11) is 0. The number of carbonyl (C=O) groups excluding carboxylic acids is 1. The van der Waals surface area contributed by atoms with E-state index < -0.39 is 35.1 Å². The van der Waals surface area contributed by atoms with Gasteiger partial charge in [0.1, 0.15) is 11.2 Å². The van der Waals surface area contributed by atoms with E-state index in [1.54, 1.807) is 20.8 Å². The third-order valence-electron chi connectivity index (χ3n) is 3.49. The number of hydrogen-bond acceptors (Lipinski definition) is 6. The monoisotopic (exact) mass is 376 g/mol. The highest BCUT2D eigenvalue weighted by Crippen LogP contribution is 2.31. The Morgan fingerprint density at radius 2 is 1.73 bits per heavy atom. The second-order valence-corrected chi connectivity index (χ2v) is 6.69. The summed E-state index contributed by atoms with van der Waals surface area (Å²) < 4.78 is 44.4. The van der Waals surface area contributed by atoms with E-state index in [0.29, 0.717) is 6.20 Å². The number of anilines is 1. The van der Waals surface area contributed by atoms with Crippen LogP contribution in [0.3, 0.4) is 0 Å². The standard InChI is InChI=1S/C15H19F3N4O4/c1-14(2,3)26-13(25)22-6-4-21(5-7-22)12-19-8-9(11(23)24)10(20-12)15(16,17)18/h8H,4-7H2,1-3H3,(H,23,24). The van der Waals surface area contributed by atoms with E-state index in [2.05, 4.69) is 9.97 Å². The zero-order valence-corrected chi connectivity index (χ0v) is 14.5. The van der Waals surface area contributed by atoms with Crippen LogP contribution in [0.2, 0.25) is 0 Å². The topological polar surface area (TPSA) is 95.9 Å². The summed E-state index contributed by atoms with van der Waals surface area (Å²) in [6, 6.07) is 0. The first kappa shape index (κ1) is 19.7. The highest BCUT2D eigenvalue weighted by molar-refractivity contribution is 5.88. The minimum Gasteiger partial charge on any atom is -0.478 e. The van der Waals surface area contributed by atoms with Crippen molar-refractivity contribution in [2.45, 2.75) is 32.5 Å². The number of alkyl halides is 3. The summed E-state index contributed by atoms with van der Waals surface area (Å²) in [5.74, 6) is -1.98. The third kappa shape index (κ3) is 4.73. The molecule has 1 amide bonds. The van der Waals surface area contributed by atoms with Crippen molar-refractivity contribution in [3.63, 3.8) is 0 Å². The van der Waals surface area contributed by atoms with E-state index >= 15 is 0 Å². The number of aromatic nitrogens is 2. The van der Waals surface area contributed by atoms with Gasteiger partial charge in [-0.2, -0.15) is 13.2 Å². The van der Waals surface area contributed by atoms with Gasteiger partial charge >= 0.3 is 18.2 Å². The quantitative estimate of drug-likeness (QED) is 0.846. The number of rotatable bonds is 2. The molecule has 1 N–H and O–H groups in total. The predicted octanol–water partition coefficient (Wildman–Crippen LogP) is 2.25. The molecule has 0 aromatic carbocycles. The number of piperazine rings is 1. The van der Waals surface area contributed by atoms with Crippen molar-refractivity contribution >= 4 is 18.0 Å². The third-order valence-corrected chi connectivity index (χ3v) is 3.49. The van der Waals surface area contributed by atoms with Gasteiger partial charge in [0, 0.05) is 32.4 Å². The first-order valence-corrected chi connectivity index (χ1v) is 7.79. The van der Waals surface area contributed by atoms with Crippen molar-refractivity contribution < 1.29 is 32.6 Å². The first-order chi connectivity index (χ1) is 11.9. The van der Waals surface area contributed by atoms with Crippen LogP contribution in [0.1, 0.15) is 36.8 Å². The summed E-state index contributed by atoms with van der Waals surface area (Å²) >= 11 is 0. The number of nitrogens with zero attached hydrogens (tertiary/aromatic N) is 4. The van der Waals surface area contributed by atoms with Gasteiger partial charge in [-0.1, -0.05) is 0 Å². The number of aromatic carboxylic acids is 1. The van der Waals surface area contributed by atoms with E-state index in [-0.39, 0.29) is 32.1 Å². The average molecular weight is 376 g/mol. The summed E-state index contributed by atoms with van der Waals surface area (Å²) in [5.41, 5.74) is -3.15. The van der Waals surface area contributed by atoms with Crippen LogP contribution < -0.4 is 4.90 Å². The maximum Gasteiger partial charge on any atom is 0.434 e. The van der Waals surface area contributed by atoms with Gasteiger partial charge in [0.05, 0.1) is 0 Å². The van der Waals surface area contributed by atoms with Gasteiger partial charge in [-0.25, -0.2) is 19.6 Å². The predicted molar refractivity (Wildman–Crippen MR) is 84.0 cm³/mol. The van der Waals surface area contributed by atoms with Gasteiger partial charge in [-0.3, -0.25) is 0 Å². The van der Waals surface area contributed by atoms with Crippen molar-refractivity contribution in [3.8, 4) is 0 Å². The Morgan fingerprint density at radius 1 is 1.15 bits per heavy atom. The molecule has 1 aromatic rings. The maximum absolute atomic E-state index is 13.0. The van der Waals surface area contributed by atoms with E-state index in [9.17, 15) is 22.8 Å². The second-order valence-electron chi connectivity index (χ2n) is 6.69. The molecular formula is C15H19F3N4O4. The molecule has 8 nitrogen and oxygen atoms in total. The summed E-state index contributed by atoms with van der Waals surface area (Å²) in [6.07, 6.45) is -4.77. The SMILES string of the molecule is CC(C)(C)OC(=O)N1CCN(c2ncc(C(=O)O)c(C(F)(F)F)n2)CC1. The van der Waals surface area contributed by atoms with Crippen molar-refractivity contribution in [1.29, 1.82) is 0 Å². The molecule has 1 aromatic heterocycles. The Kier molecular flexibility index (Phi) is 5.28. The fourth-order valence-electron chi connectivity index (χ4n) is 2.31. The Morgan fingerprint density at radius 3 is 2.19 bits per heavy atom. The molecule has 0 aliphatic carbocycles. The van der Waals surface area contributed by atoms with Gasteiger partial charge in [-0.05, 0) is 20.8 Å². The van der Waals surface area contributed by atoms with Crippen LogP contribution in [0.15, 0.2) is 6.20 Å². The Hall–Kier alpha value is -2.59. The van der Waals surface area contributed by atoms with Crippen molar-refractivity contribution in [2.24, 2.45) is 0 Å². The first-order valence-electron chi connectivity index (χ1n) is 7.79. The number of carboxylic acids is 1. The molecule has 144 valence electrons. The van der Waals surface area contributed by atoms with E-state index in [4.69, 9.17) is 9.84 Å². The van der Waals surface area contributed by atoms with Gasteiger partial charge in [0.2, 0.25) is 5.95 Å². The van der Waals surface area contributed by atoms with Gasteiger partial charge in [0.15, 0.2) is 5.69 Å². The molecule has 0 unspecified atom stereocenters. The lowest BCUT2D eigenvalue weighted by atomic mass is 10.2. The van der Waals surface area contributed by atoms with Crippen LogP contribution in [-0.4, -0.2) is 63.8 Å². The zero-order chi connectivity index (χ0) is 19.7. The largest absolute Gasteiger partial charge is 0.478 e. The summed E-state index contributed by atoms with van der Waals surface area (Å²) in [6.45, 7) is 6.04. The normalized spacial score (nSPS) is 15.8. The van der Waals surface area contributed by atoms with E-state index in [0.717, 1.165) is 0 Å². The Bertz CT molecular complexity index is 695. The number of amides is 1. The lowest BCUT2D eigenvalue weighted by Gasteiger charge is -2.35. The van der Waals surface area contributed by atoms with Gasteiger partial charge < -0.3 is 19.6 Å². The van der Waals surface area contributed by atoms with Crippen LogP contribution in [0.25, 0.3) is 0 Å². The lowest BCUT2D eigenvalue weighted by Crippen LogP contribution is -2.50. The number of carboxylic acid groups (broad SMARTS) is 1. The lowest BCUT2D eigenvalue weighted by molar-refractivity contribution is -0.141. The van der Waals surface area contributed by atoms with Crippen molar-refractivity contribution in [1.82, 2.24) is 14.9 Å². The highest BCUT2D eigenvalue weighted by Gasteiger charge is 2.39. The molecule has 2 heterocycles. The molecule has 1 fully saturated rings. The number of ether oxygens (including phenoxy) is 1. The molecule has 1 aliphatic rings. The average Bonchev–Trinajstić information content (AvgIpc) is 2.52. The molecule has 26 heavy (non-hydrogen) atoms. The minimum absolute atomic E-state index is 0.197. The molecule has 0 radical (unpaired) electrons. The number of carbonyl (C=O) groups is 2. The van der Waals surface area contributed by atoms with Crippen LogP contribution >= 0.6 is 0 Å². The zero-order valence-electron chi connectivity index (χ0n) is 14.5. The summed E-state index contributed by atoms with van der Waals surface area (Å²) in [4.78, 5) is 33.0. The van der Waals surface area contributed by atoms with Crippen LogP contribution in [0, 0.1) is 0 Å². The Balaban J connectivity index is 2.12. The van der Waals surface area contributed by atoms with Crippen LogP contribution in [-0.2, 0) is 10.9 Å². The van der Waals surface area contributed by atoms with Gasteiger partial charge in [0.25, 0.3) is 0 Å². The molecule has 0 saturated carbocycles. The van der Waals surface area contributed by atoms with Crippen molar-refractivity contribution in [2.75, 3.05) is 31.1 Å². The molecule has 2 rings (SSSR count). The van der Waals surface area contributed by atoms with Crippen molar-refractivity contribution in [3.05, 3.63) is 17.5 Å². The van der Waals surface area contributed by atoms with E-state index in [1.165, 1.54) is 9.80 Å². The molecular weight excluding hydrogens is 357 g/mol. The number of hydrogen-bond donors (Lipinski definition) is 1. The summed E-state index contributed by atoms with van der Waals surface area (Å²) in [5, 5.41) is 8.87. The molecule has 1 aliphatic heterocycles. The number of halogens is 3. The molecule has 1 saturated heterocycles. The van der Waals surface area contributed by atoms with Crippen LogP contribution in [0.4, 0.5) is 23.9 Å². The fourth-order valence-corrected chi connectivity index (χ4v) is 2.31. The molecule has 0 spiro atoms. The molecule has 0 bridgehead atoms. The molecule has 11 heteroatoms. The second kappa shape index (κ2) is 6.96. The molecule has 0 atom stereocenters. The smallest absolute Gasteiger partial charge is 0.434 e. The fraction of sp³-hybridized carbons (Fsp3) is 0.600. The van der Waals surface area contributed by atoms with Crippen LogP contribution in [0.5, 0.6) is 0 Å². The highest BCUT2D eigenvalue weighted by atomic mass is 19.4. The van der Waals surface area contributed by atoms with E-state index in [1.807, 2.05) is 0 Å².